The van der Waals surface area contributed by atoms with Crippen molar-refractivity contribution in [3.63, 3.8) is 0 Å². The van der Waals surface area contributed by atoms with Crippen molar-refractivity contribution in [3.8, 4) is 0 Å². The third kappa shape index (κ3) is 4.15. The van der Waals surface area contributed by atoms with Crippen molar-refractivity contribution in [1.29, 1.82) is 0 Å². The molecule has 150 valence electrons. The average molecular weight is 404 g/mol. The van der Waals surface area contributed by atoms with E-state index in [1.54, 1.807) is 49.3 Å². The van der Waals surface area contributed by atoms with E-state index in [4.69, 9.17) is 0 Å². The second kappa shape index (κ2) is 8.66. The maximum atomic E-state index is 12.9. The summed E-state index contributed by atoms with van der Waals surface area (Å²) in [6, 6.07) is 8.06. The molecular weight excluding hydrogens is 378 g/mol. The van der Waals surface area contributed by atoms with Crippen molar-refractivity contribution in [1.82, 2.24) is 19.2 Å². The maximum Gasteiger partial charge on any atom is 0.254 e. The average Bonchev–Trinajstić information content (AvgIpc) is 2.75. The summed E-state index contributed by atoms with van der Waals surface area (Å²) in [4.78, 5) is 25.3. The minimum Gasteiger partial charge on any atom is -0.337 e. The van der Waals surface area contributed by atoms with Crippen molar-refractivity contribution in [3.05, 3.63) is 48.3 Å². The van der Waals surface area contributed by atoms with Gasteiger partial charge in [-0.05, 0) is 24.3 Å². The first-order valence-corrected chi connectivity index (χ1v) is 10.8. The van der Waals surface area contributed by atoms with E-state index in [-0.39, 0.29) is 10.8 Å². The highest BCUT2D eigenvalue weighted by Gasteiger charge is 2.26. The van der Waals surface area contributed by atoms with Gasteiger partial charge in [0.2, 0.25) is 16.0 Å². The van der Waals surface area contributed by atoms with Crippen LogP contribution in [0.2, 0.25) is 0 Å². The largest absolute Gasteiger partial charge is 0.337 e. The number of carbonyl (C=O) groups is 1. The van der Waals surface area contributed by atoms with Gasteiger partial charge in [0.1, 0.15) is 0 Å². The predicted octanol–water partition coefficient (Wildman–Crippen LogP) is 1.47. The number of amides is 1. The van der Waals surface area contributed by atoms with Gasteiger partial charge in [0.05, 0.1) is 4.90 Å². The molecule has 0 radical (unpaired) electrons. The number of sulfonamides is 1. The highest BCUT2D eigenvalue weighted by molar-refractivity contribution is 7.89. The Bertz CT molecular complexity index is 908. The lowest BCUT2D eigenvalue weighted by atomic mass is 10.2. The Kier molecular flexibility index (Phi) is 6.25. The zero-order valence-corrected chi connectivity index (χ0v) is 17.0. The molecule has 28 heavy (non-hydrogen) atoms. The predicted molar refractivity (Wildman–Crippen MR) is 107 cm³/mol. The van der Waals surface area contributed by atoms with E-state index in [2.05, 4.69) is 9.97 Å². The second-order valence-corrected chi connectivity index (χ2v) is 8.38. The van der Waals surface area contributed by atoms with Crippen LogP contribution in [-0.2, 0) is 10.0 Å². The molecule has 0 atom stereocenters. The molecular formula is C19H25N5O3S. The van der Waals surface area contributed by atoms with E-state index in [0.29, 0.717) is 50.8 Å². The molecule has 0 N–H and O–H groups in total. The van der Waals surface area contributed by atoms with Gasteiger partial charge in [-0.25, -0.2) is 18.4 Å². The van der Waals surface area contributed by atoms with E-state index < -0.39 is 10.0 Å². The monoisotopic (exact) mass is 403 g/mol. The van der Waals surface area contributed by atoms with E-state index in [1.165, 1.54) is 16.4 Å². The van der Waals surface area contributed by atoms with Gasteiger partial charge in [0.15, 0.2) is 0 Å². The van der Waals surface area contributed by atoms with Crippen LogP contribution in [0.1, 0.15) is 24.2 Å². The third-order valence-electron chi connectivity index (χ3n) is 4.83. The zero-order valence-electron chi connectivity index (χ0n) is 16.2. The zero-order chi connectivity index (χ0) is 20.1. The first kappa shape index (κ1) is 20.2. The lowest BCUT2D eigenvalue weighted by Gasteiger charge is -2.34. The summed E-state index contributed by atoms with van der Waals surface area (Å²) in [5, 5.41) is 0. The number of hydrogen-bond acceptors (Lipinski definition) is 6. The molecule has 0 spiro atoms. The van der Waals surface area contributed by atoms with Crippen LogP contribution in [0, 0.1) is 0 Å². The Labute approximate surface area is 165 Å². The molecule has 9 heteroatoms. The molecule has 2 heterocycles. The number of rotatable bonds is 6. The molecule has 0 aliphatic carbocycles. The molecule has 1 aliphatic heterocycles. The summed E-state index contributed by atoms with van der Waals surface area (Å²) >= 11 is 0. The fourth-order valence-corrected chi connectivity index (χ4v) is 4.75. The maximum absolute atomic E-state index is 12.9. The molecule has 3 rings (SSSR count). The standard InChI is InChI=1S/C19H25N5O3S/c1-3-24(4-2)28(26,27)17-8-5-7-16(15-17)18(25)22-11-13-23(14-12-22)19-20-9-6-10-21-19/h5-10,15H,3-4,11-14H2,1-2H3. The van der Waals surface area contributed by atoms with Crippen molar-refractivity contribution in [2.45, 2.75) is 18.7 Å². The summed E-state index contributed by atoms with van der Waals surface area (Å²) in [6.07, 6.45) is 3.39. The fraction of sp³-hybridized carbons (Fsp3) is 0.421. The van der Waals surface area contributed by atoms with Gasteiger partial charge in [0, 0.05) is 57.2 Å². The normalized spacial score (nSPS) is 15.1. The van der Waals surface area contributed by atoms with Crippen LogP contribution in [0.4, 0.5) is 5.95 Å². The quantitative estimate of drug-likeness (QED) is 0.726. The van der Waals surface area contributed by atoms with Crippen LogP contribution in [0.25, 0.3) is 0 Å². The number of carbonyl (C=O) groups excluding carboxylic acids is 1. The SMILES string of the molecule is CCN(CC)S(=O)(=O)c1cccc(C(=O)N2CCN(c3ncccn3)CC2)c1. The van der Waals surface area contributed by atoms with Crippen LogP contribution in [0.3, 0.4) is 0 Å². The minimum absolute atomic E-state index is 0.151. The molecule has 1 fully saturated rings. The molecule has 1 amide bonds. The van der Waals surface area contributed by atoms with Crippen molar-refractivity contribution in [2.24, 2.45) is 0 Å². The van der Waals surface area contributed by atoms with E-state index >= 15 is 0 Å². The number of anilines is 1. The molecule has 0 bridgehead atoms. The molecule has 1 aliphatic rings. The van der Waals surface area contributed by atoms with Crippen molar-refractivity contribution in [2.75, 3.05) is 44.2 Å². The van der Waals surface area contributed by atoms with Gasteiger partial charge < -0.3 is 9.80 Å². The van der Waals surface area contributed by atoms with Gasteiger partial charge in [-0.3, -0.25) is 4.79 Å². The molecule has 1 saturated heterocycles. The highest BCUT2D eigenvalue weighted by Crippen LogP contribution is 2.19. The van der Waals surface area contributed by atoms with E-state index in [0.717, 1.165) is 0 Å². The Morgan fingerprint density at radius 1 is 1.04 bits per heavy atom. The van der Waals surface area contributed by atoms with Crippen LogP contribution in [0.5, 0.6) is 0 Å². The molecule has 2 aromatic rings. The van der Waals surface area contributed by atoms with Crippen LogP contribution >= 0.6 is 0 Å². The lowest BCUT2D eigenvalue weighted by molar-refractivity contribution is 0.0746. The van der Waals surface area contributed by atoms with E-state index in [9.17, 15) is 13.2 Å². The minimum atomic E-state index is -3.59. The summed E-state index contributed by atoms with van der Waals surface area (Å²) in [5.41, 5.74) is 0.387. The molecule has 8 nitrogen and oxygen atoms in total. The first-order chi connectivity index (χ1) is 13.5. The van der Waals surface area contributed by atoms with Crippen molar-refractivity contribution < 1.29 is 13.2 Å². The van der Waals surface area contributed by atoms with Gasteiger partial charge in [-0.1, -0.05) is 19.9 Å². The Balaban J connectivity index is 1.72. The fourth-order valence-electron chi connectivity index (χ4n) is 3.25. The molecule has 0 saturated carbocycles. The third-order valence-corrected chi connectivity index (χ3v) is 6.87. The highest BCUT2D eigenvalue weighted by atomic mass is 32.2. The summed E-state index contributed by atoms with van der Waals surface area (Å²) < 4.78 is 26.8. The number of hydrogen-bond donors (Lipinski definition) is 0. The summed E-state index contributed by atoms with van der Waals surface area (Å²) in [6.45, 7) is 6.70. The Morgan fingerprint density at radius 3 is 2.29 bits per heavy atom. The van der Waals surface area contributed by atoms with Gasteiger partial charge in [-0.2, -0.15) is 4.31 Å². The van der Waals surface area contributed by atoms with Gasteiger partial charge >= 0.3 is 0 Å². The van der Waals surface area contributed by atoms with Gasteiger partial charge in [-0.15, -0.1) is 0 Å². The Hall–Kier alpha value is -2.52. The molecule has 1 aromatic carbocycles. The smallest absolute Gasteiger partial charge is 0.254 e. The summed E-state index contributed by atoms with van der Waals surface area (Å²) in [5.74, 6) is 0.493. The molecule has 1 aromatic heterocycles. The van der Waals surface area contributed by atoms with E-state index in [1.807, 2.05) is 4.90 Å². The number of nitrogens with zero attached hydrogens (tertiary/aromatic N) is 5. The summed E-state index contributed by atoms with van der Waals surface area (Å²) in [7, 11) is -3.59. The van der Waals surface area contributed by atoms with Crippen LogP contribution < -0.4 is 4.90 Å². The van der Waals surface area contributed by atoms with Gasteiger partial charge in [0.25, 0.3) is 5.91 Å². The van der Waals surface area contributed by atoms with Crippen LogP contribution in [0.15, 0.2) is 47.6 Å². The second-order valence-electron chi connectivity index (χ2n) is 6.45. The van der Waals surface area contributed by atoms with Crippen molar-refractivity contribution >= 4 is 21.9 Å². The van der Waals surface area contributed by atoms with Crippen LogP contribution in [-0.4, -0.2) is 72.8 Å². The number of aromatic nitrogens is 2. The topological polar surface area (TPSA) is 86.7 Å². The number of benzene rings is 1. The Morgan fingerprint density at radius 2 is 1.68 bits per heavy atom. The lowest BCUT2D eigenvalue weighted by Crippen LogP contribution is -2.49. The molecule has 0 unspecified atom stereocenters. The number of piperazine rings is 1. The first-order valence-electron chi connectivity index (χ1n) is 9.38.